The molecule has 0 aromatic heterocycles. The molecular formula is C10H16N2. The van der Waals surface area contributed by atoms with Crippen molar-refractivity contribution in [2.75, 3.05) is 0 Å². The SMILES string of the molecule is [N-]=[N+]=C1CCCC12CCCCC2. The molecule has 0 bridgehead atoms. The summed E-state index contributed by atoms with van der Waals surface area (Å²) >= 11 is 0. The second-order valence-corrected chi connectivity index (χ2v) is 4.24. The van der Waals surface area contributed by atoms with Gasteiger partial charge >= 0.3 is 0 Å². The highest BCUT2D eigenvalue weighted by molar-refractivity contribution is 5.87. The van der Waals surface area contributed by atoms with Crippen LogP contribution in [-0.4, -0.2) is 10.5 Å². The largest absolute Gasteiger partial charge is 0.362 e. The molecule has 0 radical (unpaired) electrons. The van der Waals surface area contributed by atoms with Gasteiger partial charge in [-0.15, -0.1) is 0 Å². The maximum absolute atomic E-state index is 8.87. The maximum Gasteiger partial charge on any atom is 0.274 e. The molecule has 2 saturated carbocycles. The zero-order valence-electron chi connectivity index (χ0n) is 7.55. The molecule has 66 valence electrons. The zero-order valence-corrected chi connectivity index (χ0v) is 7.55. The van der Waals surface area contributed by atoms with Crippen LogP contribution in [0.5, 0.6) is 0 Å². The van der Waals surface area contributed by atoms with Crippen molar-refractivity contribution < 1.29 is 4.79 Å². The third-order valence-electron chi connectivity index (χ3n) is 3.61. The van der Waals surface area contributed by atoms with Crippen molar-refractivity contribution in [3.05, 3.63) is 5.53 Å². The van der Waals surface area contributed by atoms with Gasteiger partial charge in [0.25, 0.3) is 5.71 Å². The van der Waals surface area contributed by atoms with E-state index in [1.54, 1.807) is 0 Å². The Kier molecular flexibility index (Phi) is 2.02. The Morgan fingerprint density at radius 2 is 1.67 bits per heavy atom. The fourth-order valence-electron chi connectivity index (χ4n) is 2.93. The molecule has 0 aromatic rings. The summed E-state index contributed by atoms with van der Waals surface area (Å²) in [6, 6.07) is 0. The molecule has 0 atom stereocenters. The quantitative estimate of drug-likeness (QED) is 0.390. The van der Waals surface area contributed by atoms with E-state index in [9.17, 15) is 0 Å². The van der Waals surface area contributed by atoms with Crippen molar-refractivity contribution in [1.82, 2.24) is 0 Å². The highest BCUT2D eigenvalue weighted by Gasteiger charge is 2.46. The normalized spacial score (nSPS) is 27.5. The molecule has 2 aliphatic rings. The summed E-state index contributed by atoms with van der Waals surface area (Å²) in [5.74, 6) is 0. The lowest BCUT2D eigenvalue weighted by atomic mass is 9.72. The first-order valence-electron chi connectivity index (χ1n) is 5.09. The van der Waals surface area contributed by atoms with Gasteiger partial charge in [0.05, 0.1) is 5.41 Å². The highest BCUT2D eigenvalue weighted by atomic mass is 14.9. The Morgan fingerprint density at radius 1 is 1.00 bits per heavy atom. The van der Waals surface area contributed by atoms with E-state index in [-0.39, 0.29) is 0 Å². The van der Waals surface area contributed by atoms with E-state index in [0.717, 1.165) is 12.1 Å². The van der Waals surface area contributed by atoms with E-state index < -0.39 is 0 Å². The summed E-state index contributed by atoms with van der Waals surface area (Å²) in [5.41, 5.74) is 10.3. The van der Waals surface area contributed by atoms with E-state index in [0.29, 0.717) is 5.41 Å². The van der Waals surface area contributed by atoms with E-state index in [1.807, 2.05) is 0 Å². The minimum absolute atomic E-state index is 0.340. The third-order valence-corrected chi connectivity index (χ3v) is 3.61. The monoisotopic (exact) mass is 164 g/mol. The molecule has 2 aliphatic carbocycles. The molecule has 1 spiro atoms. The van der Waals surface area contributed by atoms with E-state index in [2.05, 4.69) is 4.79 Å². The van der Waals surface area contributed by atoms with Crippen LogP contribution in [0.15, 0.2) is 0 Å². The Bertz CT molecular complexity index is 220. The van der Waals surface area contributed by atoms with Crippen LogP contribution in [0.1, 0.15) is 51.4 Å². The van der Waals surface area contributed by atoms with Gasteiger partial charge in [-0.25, -0.2) is 0 Å². The van der Waals surface area contributed by atoms with E-state index in [1.165, 1.54) is 44.9 Å². The standard InChI is InChI=1S/C10H16N2/c11-12-9-5-4-8-10(9)6-2-1-3-7-10/h1-8H2. The predicted octanol–water partition coefficient (Wildman–Crippen LogP) is 2.79. The molecule has 2 nitrogen and oxygen atoms in total. The predicted molar refractivity (Wildman–Crippen MR) is 48.0 cm³/mol. The Morgan fingerprint density at radius 3 is 2.33 bits per heavy atom. The molecule has 12 heavy (non-hydrogen) atoms. The molecule has 0 aromatic carbocycles. The number of nitrogens with zero attached hydrogens (tertiary/aromatic N) is 2. The lowest BCUT2D eigenvalue weighted by Gasteiger charge is -2.28. The van der Waals surface area contributed by atoms with Gasteiger partial charge < -0.3 is 5.53 Å². The third kappa shape index (κ3) is 1.11. The fourth-order valence-corrected chi connectivity index (χ4v) is 2.93. The van der Waals surface area contributed by atoms with Crippen LogP contribution < -0.4 is 0 Å². The molecule has 2 heteroatoms. The van der Waals surface area contributed by atoms with Crippen molar-refractivity contribution >= 4 is 5.71 Å². The second kappa shape index (κ2) is 3.02. The molecule has 0 aliphatic heterocycles. The lowest BCUT2D eigenvalue weighted by molar-refractivity contribution is -0.0234. The lowest BCUT2D eigenvalue weighted by Crippen LogP contribution is -2.29. The van der Waals surface area contributed by atoms with Crippen LogP contribution in [0.3, 0.4) is 0 Å². The van der Waals surface area contributed by atoms with Crippen LogP contribution in [0, 0.1) is 5.41 Å². The molecule has 0 saturated heterocycles. The number of rotatable bonds is 0. The van der Waals surface area contributed by atoms with Crippen LogP contribution in [0.2, 0.25) is 0 Å². The van der Waals surface area contributed by atoms with Crippen LogP contribution in [0.4, 0.5) is 0 Å². The molecular weight excluding hydrogens is 148 g/mol. The van der Waals surface area contributed by atoms with Crippen LogP contribution in [-0.2, 0) is 0 Å². The van der Waals surface area contributed by atoms with Gasteiger partial charge in [0.1, 0.15) is 0 Å². The number of hydrogen-bond acceptors (Lipinski definition) is 0. The van der Waals surface area contributed by atoms with Gasteiger partial charge in [0.15, 0.2) is 0 Å². The Hall–Kier alpha value is -0.620. The second-order valence-electron chi connectivity index (χ2n) is 4.24. The highest BCUT2D eigenvalue weighted by Crippen LogP contribution is 2.46. The van der Waals surface area contributed by atoms with Gasteiger partial charge in [0.2, 0.25) is 0 Å². The smallest absolute Gasteiger partial charge is 0.274 e. The minimum atomic E-state index is 0.340. The van der Waals surface area contributed by atoms with E-state index in [4.69, 9.17) is 5.53 Å². The first-order chi connectivity index (χ1) is 5.87. The molecule has 2 fully saturated rings. The molecule has 0 amide bonds. The van der Waals surface area contributed by atoms with Gasteiger partial charge in [-0.3, -0.25) is 0 Å². The van der Waals surface area contributed by atoms with Gasteiger partial charge in [-0.1, -0.05) is 19.3 Å². The molecule has 2 rings (SSSR count). The minimum Gasteiger partial charge on any atom is -0.362 e. The summed E-state index contributed by atoms with van der Waals surface area (Å²) in [6.07, 6.45) is 10.1. The van der Waals surface area contributed by atoms with Crippen molar-refractivity contribution in [1.29, 1.82) is 0 Å². The topological polar surface area (TPSA) is 36.4 Å². The summed E-state index contributed by atoms with van der Waals surface area (Å²) < 4.78 is 0. The first kappa shape index (κ1) is 8.00. The van der Waals surface area contributed by atoms with Crippen LogP contribution in [0.25, 0.3) is 5.53 Å². The average Bonchev–Trinajstić information content (AvgIpc) is 2.49. The summed E-state index contributed by atoms with van der Waals surface area (Å²) in [6.45, 7) is 0. The van der Waals surface area contributed by atoms with E-state index >= 15 is 0 Å². The zero-order chi connectivity index (χ0) is 8.44. The van der Waals surface area contributed by atoms with Crippen molar-refractivity contribution in [2.24, 2.45) is 5.41 Å². The van der Waals surface area contributed by atoms with Crippen molar-refractivity contribution in [3.63, 3.8) is 0 Å². The Balaban J connectivity index is 2.22. The fraction of sp³-hybridized carbons (Fsp3) is 0.900. The van der Waals surface area contributed by atoms with Crippen LogP contribution >= 0.6 is 0 Å². The van der Waals surface area contributed by atoms with Crippen molar-refractivity contribution in [2.45, 2.75) is 51.4 Å². The summed E-state index contributed by atoms with van der Waals surface area (Å²) in [7, 11) is 0. The average molecular weight is 164 g/mol. The molecule has 0 heterocycles. The van der Waals surface area contributed by atoms with Gasteiger partial charge in [0, 0.05) is 6.42 Å². The van der Waals surface area contributed by atoms with Gasteiger partial charge in [-0.2, -0.15) is 4.79 Å². The van der Waals surface area contributed by atoms with Gasteiger partial charge in [-0.05, 0) is 25.7 Å². The number of hydrogen-bond donors (Lipinski definition) is 0. The first-order valence-corrected chi connectivity index (χ1v) is 5.09. The Labute approximate surface area is 73.6 Å². The molecule has 0 N–H and O–H groups in total. The molecule has 0 unspecified atom stereocenters. The summed E-state index contributed by atoms with van der Waals surface area (Å²) in [4.78, 5) is 3.48. The maximum atomic E-state index is 8.87. The van der Waals surface area contributed by atoms with Crippen molar-refractivity contribution in [3.8, 4) is 0 Å². The summed E-state index contributed by atoms with van der Waals surface area (Å²) in [5, 5.41) is 0.